The van der Waals surface area contributed by atoms with Crippen LogP contribution in [0.2, 0.25) is 0 Å². The zero-order chi connectivity index (χ0) is 26.6. The van der Waals surface area contributed by atoms with Gasteiger partial charge in [0.1, 0.15) is 6.54 Å². The van der Waals surface area contributed by atoms with E-state index in [0.717, 1.165) is 11.1 Å². The molecule has 198 valence electrons. The number of halogens is 3. The minimum atomic E-state index is -4.36. The summed E-state index contributed by atoms with van der Waals surface area (Å²) in [4.78, 5) is 28.0. The maximum absolute atomic E-state index is 13.3. The third-order valence-corrected chi connectivity index (χ3v) is 7.24. The molecule has 0 radical (unpaired) electrons. The highest BCUT2D eigenvalue weighted by molar-refractivity contribution is 5.96. The number of hydrazine groups is 1. The first kappa shape index (κ1) is 25.3. The number of rotatable bonds is 3. The number of benzene rings is 1. The lowest BCUT2D eigenvalue weighted by molar-refractivity contribution is -0.124. The summed E-state index contributed by atoms with van der Waals surface area (Å²) in [5.41, 5.74) is 4.90. The molecule has 1 spiro atoms. The van der Waals surface area contributed by atoms with E-state index in [-0.39, 0.29) is 17.4 Å². The number of allylic oxidation sites excluding steroid dienone is 1. The zero-order valence-electron chi connectivity index (χ0n) is 21.2. The van der Waals surface area contributed by atoms with Gasteiger partial charge in [-0.1, -0.05) is 12.1 Å². The van der Waals surface area contributed by atoms with Gasteiger partial charge in [0.25, 0.3) is 11.8 Å². The van der Waals surface area contributed by atoms with E-state index in [1.165, 1.54) is 5.01 Å². The molecule has 4 heterocycles. The van der Waals surface area contributed by atoms with Gasteiger partial charge >= 0.3 is 6.18 Å². The lowest BCUT2D eigenvalue weighted by Gasteiger charge is -2.44. The summed E-state index contributed by atoms with van der Waals surface area (Å²) in [5, 5.41) is 8.97. The second-order valence-corrected chi connectivity index (χ2v) is 11.1. The molecule has 1 aromatic heterocycles. The summed E-state index contributed by atoms with van der Waals surface area (Å²) in [6.07, 6.45) is 3.37. The molecule has 1 saturated heterocycles. The van der Waals surface area contributed by atoms with Gasteiger partial charge in [-0.05, 0) is 64.2 Å². The summed E-state index contributed by atoms with van der Waals surface area (Å²) < 4.78 is 40.1. The van der Waals surface area contributed by atoms with Crippen molar-refractivity contribution in [2.75, 3.05) is 24.6 Å². The number of anilines is 1. The first-order valence-corrected chi connectivity index (χ1v) is 12.4. The summed E-state index contributed by atoms with van der Waals surface area (Å²) >= 11 is 0. The number of carbonyl (C=O) groups excluding carboxylic acids is 2. The molecule has 5 rings (SSSR count). The first-order chi connectivity index (χ1) is 17.3. The molecule has 11 heteroatoms. The van der Waals surface area contributed by atoms with Crippen molar-refractivity contribution < 1.29 is 22.8 Å². The van der Waals surface area contributed by atoms with Crippen molar-refractivity contribution in [3.63, 3.8) is 0 Å². The molecule has 2 aromatic rings. The number of aromatic nitrogens is 2. The number of hydrogen-bond donors (Lipinski definition) is 2. The molecular weight excluding hydrogens is 485 g/mol. The Balaban J connectivity index is 1.28. The minimum absolute atomic E-state index is 0.175. The average molecular weight is 517 g/mol. The van der Waals surface area contributed by atoms with Crippen LogP contribution in [0, 0.1) is 0 Å². The Kier molecular flexibility index (Phi) is 6.09. The number of amides is 2. The van der Waals surface area contributed by atoms with Gasteiger partial charge in [-0.15, -0.1) is 0 Å². The Morgan fingerprint density at radius 1 is 1.16 bits per heavy atom. The Morgan fingerprint density at radius 2 is 1.89 bits per heavy atom. The van der Waals surface area contributed by atoms with E-state index in [9.17, 15) is 22.8 Å². The second kappa shape index (κ2) is 8.90. The Bertz CT molecular complexity index is 1250. The summed E-state index contributed by atoms with van der Waals surface area (Å²) in [6.45, 7) is 5.86. The molecule has 0 saturated carbocycles. The number of carbonyl (C=O) groups is 2. The monoisotopic (exact) mass is 516 g/mol. The molecule has 3 aliphatic rings. The Hall–Kier alpha value is -3.34. The number of nitrogens with zero attached hydrogens (tertiary/aromatic N) is 4. The fourth-order valence-corrected chi connectivity index (χ4v) is 5.18. The first-order valence-electron chi connectivity index (χ1n) is 12.4. The van der Waals surface area contributed by atoms with Crippen LogP contribution in [-0.2, 0) is 18.4 Å². The number of hydrogen-bond acceptors (Lipinski definition) is 5. The van der Waals surface area contributed by atoms with Crippen LogP contribution in [0.1, 0.15) is 65.6 Å². The van der Waals surface area contributed by atoms with Gasteiger partial charge in [-0.3, -0.25) is 19.3 Å². The van der Waals surface area contributed by atoms with Gasteiger partial charge in [0.2, 0.25) is 0 Å². The van der Waals surface area contributed by atoms with Gasteiger partial charge in [0, 0.05) is 42.2 Å². The molecule has 2 N–H and O–H groups in total. The van der Waals surface area contributed by atoms with Gasteiger partial charge < -0.3 is 10.2 Å². The van der Waals surface area contributed by atoms with Crippen molar-refractivity contribution in [2.45, 2.75) is 63.7 Å². The lowest BCUT2D eigenvalue weighted by atomic mass is 9.79. The van der Waals surface area contributed by atoms with Crippen LogP contribution in [0.15, 0.2) is 36.7 Å². The standard InChI is InChI=1S/C26H31F3N6O2/c1-24(2,3)35-15-19-14-25(31-22(36)21(19)32-35)8-11-33(12-9-25)23(37)18-7-6-17-5-4-10-34(20(17)13-18)30-16-26(27,28)29/h4,6-7,10,13,15,30H,5,8-9,11-12,14,16H2,1-3H3,(H,31,36). The molecule has 8 nitrogen and oxygen atoms in total. The van der Waals surface area contributed by atoms with Crippen molar-refractivity contribution >= 4 is 17.5 Å². The van der Waals surface area contributed by atoms with Gasteiger partial charge in [-0.2, -0.15) is 18.3 Å². The third-order valence-electron chi connectivity index (χ3n) is 7.24. The minimum Gasteiger partial charge on any atom is -0.345 e. The second-order valence-electron chi connectivity index (χ2n) is 11.1. The molecule has 37 heavy (non-hydrogen) atoms. The van der Waals surface area contributed by atoms with Crippen LogP contribution in [0.3, 0.4) is 0 Å². The highest BCUT2D eigenvalue weighted by atomic mass is 19.4. The van der Waals surface area contributed by atoms with Crippen LogP contribution < -0.4 is 15.8 Å². The van der Waals surface area contributed by atoms with E-state index in [1.807, 2.05) is 31.6 Å². The predicted octanol–water partition coefficient (Wildman–Crippen LogP) is 3.54. The molecule has 0 atom stereocenters. The fraction of sp³-hybridized carbons (Fsp3) is 0.500. The lowest BCUT2D eigenvalue weighted by Crippen LogP contribution is -2.59. The van der Waals surface area contributed by atoms with Crippen molar-refractivity contribution in [3.05, 3.63) is 59.1 Å². The van der Waals surface area contributed by atoms with Crippen LogP contribution in [0.25, 0.3) is 0 Å². The smallest absolute Gasteiger partial charge is 0.345 e. The van der Waals surface area contributed by atoms with E-state index in [1.54, 1.807) is 35.4 Å². The van der Waals surface area contributed by atoms with E-state index < -0.39 is 18.3 Å². The maximum atomic E-state index is 13.3. The molecule has 1 aromatic carbocycles. The van der Waals surface area contributed by atoms with Gasteiger partial charge in [0.15, 0.2) is 5.69 Å². The zero-order valence-corrected chi connectivity index (χ0v) is 21.2. The quantitative estimate of drug-likeness (QED) is 0.652. The van der Waals surface area contributed by atoms with Gasteiger partial charge in [-0.25, -0.2) is 5.43 Å². The number of fused-ring (bicyclic) bond motifs is 2. The van der Waals surface area contributed by atoms with Crippen molar-refractivity contribution in [3.8, 4) is 0 Å². The molecule has 2 amide bonds. The summed E-state index contributed by atoms with van der Waals surface area (Å²) in [5.74, 6) is -0.357. The van der Waals surface area contributed by atoms with E-state index in [2.05, 4.69) is 15.8 Å². The Labute approximate surface area is 213 Å². The highest BCUT2D eigenvalue weighted by Crippen LogP contribution is 2.34. The topological polar surface area (TPSA) is 82.5 Å². The van der Waals surface area contributed by atoms with Crippen molar-refractivity contribution in [1.29, 1.82) is 0 Å². The molecule has 0 bridgehead atoms. The summed E-state index contributed by atoms with van der Waals surface area (Å²) in [6, 6.07) is 5.15. The Morgan fingerprint density at radius 3 is 2.57 bits per heavy atom. The summed E-state index contributed by atoms with van der Waals surface area (Å²) in [7, 11) is 0. The fourth-order valence-electron chi connectivity index (χ4n) is 5.18. The number of nitrogens with one attached hydrogen (secondary N) is 2. The number of likely N-dealkylation sites (tertiary alicyclic amines) is 1. The van der Waals surface area contributed by atoms with E-state index in [4.69, 9.17) is 0 Å². The third kappa shape index (κ3) is 5.09. The predicted molar refractivity (Wildman–Crippen MR) is 132 cm³/mol. The van der Waals surface area contributed by atoms with Crippen molar-refractivity contribution in [1.82, 2.24) is 25.4 Å². The molecule has 1 fully saturated rings. The highest BCUT2D eigenvalue weighted by Gasteiger charge is 2.43. The van der Waals surface area contributed by atoms with E-state index in [0.29, 0.717) is 55.7 Å². The van der Waals surface area contributed by atoms with Crippen LogP contribution in [0.5, 0.6) is 0 Å². The molecule has 0 aliphatic carbocycles. The number of piperidine rings is 1. The normalized spacial score (nSPS) is 19.0. The van der Waals surface area contributed by atoms with Gasteiger partial charge in [0.05, 0.1) is 11.2 Å². The van der Waals surface area contributed by atoms with E-state index >= 15 is 0 Å². The van der Waals surface area contributed by atoms with Crippen molar-refractivity contribution in [2.24, 2.45) is 0 Å². The molecule has 0 unspecified atom stereocenters. The average Bonchev–Trinajstić information content (AvgIpc) is 3.27. The largest absolute Gasteiger partial charge is 0.402 e. The molecule has 3 aliphatic heterocycles. The molecular formula is C26H31F3N6O2. The van der Waals surface area contributed by atoms with Crippen LogP contribution in [0.4, 0.5) is 18.9 Å². The van der Waals surface area contributed by atoms with Crippen LogP contribution >= 0.6 is 0 Å². The number of alkyl halides is 3. The SMILES string of the molecule is CC(C)(C)n1cc2c(n1)C(=O)NC1(CCN(C(=O)c3ccc4c(c3)N(NCC(F)(F)F)C=CC4)CC1)C2. The maximum Gasteiger partial charge on any atom is 0.402 e. The van der Waals surface area contributed by atoms with Crippen LogP contribution in [-0.4, -0.2) is 57.8 Å².